The highest BCUT2D eigenvalue weighted by Gasteiger charge is 2.23. The number of furan rings is 1. The Kier molecular flexibility index (Phi) is 6.99. The van der Waals surface area contributed by atoms with Crippen LogP contribution in [0.15, 0.2) is 58.0 Å². The van der Waals surface area contributed by atoms with E-state index in [9.17, 15) is 22.4 Å². The molecule has 0 unspecified atom stereocenters. The summed E-state index contributed by atoms with van der Waals surface area (Å²) in [6.07, 6.45) is 1.35. The molecule has 174 valence electrons. The van der Waals surface area contributed by atoms with Crippen LogP contribution in [-0.4, -0.2) is 38.1 Å². The summed E-state index contributed by atoms with van der Waals surface area (Å²) in [7, 11) is -2.58. The lowest BCUT2D eigenvalue weighted by Gasteiger charge is -2.18. The Morgan fingerprint density at radius 3 is 2.36 bits per heavy atom. The predicted molar refractivity (Wildman–Crippen MR) is 122 cm³/mol. The van der Waals surface area contributed by atoms with E-state index in [-0.39, 0.29) is 21.8 Å². The molecular weight excluding hydrogens is 449 g/mol. The van der Waals surface area contributed by atoms with Crippen LogP contribution in [0.1, 0.15) is 27.2 Å². The van der Waals surface area contributed by atoms with Crippen LogP contribution in [-0.2, 0) is 14.8 Å². The molecule has 0 saturated heterocycles. The van der Waals surface area contributed by atoms with Crippen molar-refractivity contribution in [1.82, 2.24) is 4.31 Å². The van der Waals surface area contributed by atoms with E-state index in [0.717, 1.165) is 21.5 Å². The maximum Gasteiger partial charge on any atom is 0.259 e. The first kappa shape index (κ1) is 24.1. The Balaban J connectivity index is 1.70. The quantitative estimate of drug-likeness (QED) is 0.542. The van der Waals surface area contributed by atoms with Crippen LogP contribution in [0.2, 0.25) is 0 Å². The zero-order valence-corrected chi connectivity index (χ0v) is 19.4. The number of sulfonamides is 1. The van der Waals surface area contributed by atoms with Gasteiger partial charge in [-0.25, -0.2) is 12.8 Å². The average molecular weight is 474 g/mol. The summed E-state index contributed by atoms with van der Waals surface area (Å²) < 4.78 is 45.8. The van der Waals surface area contributed by atoms with E-state index in [1.165, 1.54) is 37.6 Å². The molecule has 10 heteroatoms. The maximum atomic E-state index is 14.2. The van der Waals surface area contributed by atoms with Crippen molar-refractivity contribution < 1.29 is 26.8 Å². The third-order valence-corrected chi connectivity index (χ3v) is 6.95. The summed E-state index contributed by atoms with van der Waals surface area (Å²) in [4.78, 5) is 24.9. The minimum Gasteiger partial charge on any atom is -0.469 e. The SMILES string of the molecule is Cc1ccc(S(=O)(=O)N(C)CC(=O)Nc2ccc(F)c(NC(=O)c3ccoc3C)c2)cc1C. The highest BCUT2D eigenvalue weighted by atomic mass is 32.2. The van der Waals surface area contributed by atoms with E-state index in [4.69, 9.17) is 4.42 Å². The summed E-state index contributed by atoms with van der Waals surface area (Å²) in [5.74, 6) is -1.51. The van der Waals surface area contributed by atoms with Gasteiger partial charge in [-0.3, -0.25) is 9.59 Å². The number of amides is 2. The van der Waals surface area contributed by atoms with Crippen LogP contribution >= 0.6 is 0 Å². The van der Waals surface area contributed by atoms with Crippen LogP contribution in [0.5, 0.6) is 0 Å². The summed E-state index contributed by atoms with van der Waals surface area (Å²) in [5.41, 5.74) is 2.08. The number of carbonyl (C=O) groups excluding carboxylic acids is 2. The Hall–Kier alpha value is -3.50. The largest absolute Gasteiger partial charge is 0.469 e. The molecule has 8 nitrogen and oxygen atoms in total. The predicted octanol–water partition coefficient (Wildman–Crippen LogP) is 3.86. The lowest BCUT2D eigenvalue weighted by atomic mass is 10.1. The Morgan fingerprint density at radius 1 is 1.00 bits per heavy atom. The molecule has 2 N–H and O–H groups in total. The zero-order chi connectivity index (χ0) is 24.3. The maximum absolute atomic E-state index is 14.2. The van der Waals surface area contributed by atoms with Crippen molar-refractivity contribution >= 4 is 33.2 Å². The number of halogens is 1. The standard InChI is InChI=1S/C23H24FN3O5S/c1-14-5-7-18(11-15(14)2)33(30,31)27(4)13-22(28)25-17-6-8-20(24)21(12-17)26-23(29)19-9-10-32-16(19)3/h5-12H,13H2,1-4H3,(H,25,28)(H,26,29). The number of rotatable bonds is 7. The lowest BCUT2D eigenvalue weighted by Crippen LogP contribution is -2.35. The molecule has 33 heavy (non-hydrogen) atoms. The molecule has 0 saturated carbocycles. The molecule has 3 aromatic rings. The Bertz CT molecular complexity index is 1320. The summed E-state index contributed by atoms with van der Waals surface area (Å²) >= 11 is 0. The van der Waals surface area contributed by atoms with Gasteiger partial charge in [0.15, 0.2) is 0 Å². The number of anilines is 2. The van der Waals surface area contributed by atoms with Gasteiger partial charge in [0, 0.05) is 12.7 Å². The number of nitrogens with zero attached hydrogens (tertiary/aromatic N) is 1. The van der Waals surface area contributed by atoms with Crippen molar-refractivity contribution in [3.63, 3.8) is 0 Å². The van der Waals surface area contributed by atoms with E-state index >= 15 is 0 Å². The first-order valence-electron chi connectivity index (χ1n) is 9.97. The highest BCUT2D eigenvalue weighted by Crippen LogP contribution is 2.22. The molecule has 0 atom stereocenters. The third-order valence-electron chi connectivity index (χ3n) is 5.15. The molecule has 0 aliphatic rings. The zero-order valence-electron chi connectivity index (χ0n) is 18.6. The molecule has 2 aromatic carbocycles. The second-order valence-electron chi connectivity index (χ2n) is 7.59. The van der Waals surface area contributed by atoms with Gasteiger partial charge in [-0.2, -0.15) is 4.31 Å². The molecule has 0 bridgehead atoms. The monoisotopic (exact) mass is 473 g/mol. The fraction of sp³-hybridized carbons (Fsp3) is 0.217. The van der Waals surface area contributed by atoms with Gasteiger partial charge in [0.25, 0.3) is 5.91 Å². The first-order chi connectivity index (χ1) is 15.5. The van der Waals surface area contributed by atoms with Gasteiger partial charge >= 0.3 is 0 Å². The molecule has 1 aromatic heterocycles. The minimum atomic E-state index is -3.88. The second kappa shape index (κ2) is 9.55. The van der Waals surface area contributed by atoms with Gasteiger partial charge in [0.2, 0.25) is 15.9 Å². The van der Waals surface area contributed by atoms with Crippen LogP contribution in [0.4, 0.5) is 15.8 Å². The van der Waals surface area contributed by atoms with Crippen molar-refractivity contribution in [3.8, 4) is 0 Å². The fourth-order valence-corrected chi connectivity index (χ4v) is 4.26. The molecule has 0 radical (unpaired) electrons. The molecule has 0 spiro atoms. The third kappa shape index (κ3) is 5.47. The first-order valence-corrected chi connectivity index (χ1v) is 11.4. The average Bonchev–Trinajstić information content (AvgIpc) is 3.18. The molecule has 1 heterocycles. The number of carbonyl (C=O) groups is 2. The molecule has 0 fully saturated rings. The van der Waals surface area contributed by atoms with Gasteiger partial charge in [0.1, 0.15) is 11.6 Å². The Labute approximate surface area is 191 Å². The molecule has 3 rings (SSSR count). The van der Waals surface area contributed by atoms with Gasteiger partial charge in [-0.1, -0.05) is 6.07 Å². The summed E-state index contributed by atoms with van der Waals surface area (Å²) in [6.45, 7) is 4.82. The van der Waals surface area contributed by atoms with Crippen molar-refractivity contribution in [2.75, 3.05) is 24.2 Å². The molecular formula is C23H24FN3O5S. The van der Waals surface area contributed by atoms with Crippen LogP contribution in [0.25, 0.3) is 0 Å². The van der Waals surface area contributed by atoms with Crippen LogP contribution < -0.4 is 10.6 Å². The van der Waals surface area contributed by atoms with Crippen molar-refractivity contribution in [2.24, 2.45) is 0 Å². The molecule has 0 aliphatic heterocycles. The van der Waals surface area contributed by atoms with E-state index in [2.05, 4.69) is 10.6 Å². The minimum absolute atomic E-state index is 0.0854. The van der Waals surface area contributed by atoms with E-state index in [0.29, 0.717) is 5.76 Å². The lowest BCUT2D eigenvalue weighted by molar-refractivity contribution is -0.116. The number of hydrogen-bond donors (Lipinski definition) is 2. The topological polar surface area (TPSA) is 109 Å². The van der Waals surface area contributed by atoms with Crippen LogP contribution in [0, 0.1) is 26.6 Å². The Morgan fingerprint density at radius 2 is 1.73 bits per heavy atom. The normalized spacial score (nSPS) is 11.5. The van der Waals surface area contributed by atoms with Crippen molar-refractivity contribution in [2.45, 2.75) is 25.7 Å². The van der Waals surface area contributed by atoms with Gasteiger partial charge < -0.3 is 15.1 Å². The van der Waals surface area contributed by atoms with Gasteiger partial charge in [0.05, 0.1) is 29.0 Å². The number of likely N-dealkylation sites (N-methyl/N-ethyl adjacent to an activating group) is 1. The smallest absolute Gasteiger partial charge is 0.259 e. The molecule has 2 amide bonds. The number of aryl methyl sites for hydroxylation is 3. The number of benzene rings is 2. The highest BCUT2D eigenvalue weighted by molar-refractivity contribution is 7.89. The molecule has 0 aliphatic carbocycles. The van der Waals surface area contributed by atoms with Gasteiger partial charge in [-0.05, 0) is 68.3 Å². The van der Waals surface area contributed by atoms with E-state index < -0.39 is 34.2 Å². The van der Waals surface area contributed by atoms with Crippen LogP contribution in [0.3, 0.4) is 0 Å². The fourth-order valence-electron chi connectivity index (χ4n) is 3.05. The van der Waals surface area contributed by atoms with Crippen molar-refractivity contribution in [1.29, 1.82) is 0 Å². The second-order valence-corrected chi connectivity index (χ2v) is 9.64. The van der Waals surface area contributed by atoms with Crippen molar-refractivity contribution in [3.05, 3.63) is 77.0 Å². The number of hydrogen-bond acceptors (Lipinski definition) is 5. The van der Waals surface area contributed by atoms with E-state index in [1.807, 2.05) is 6.92 Å². The number of nitrogens with one attached hydrogen (secondary N) is 2. The van der Waals surface area contributed by atoms with Gasteiger partial charge in [-0.15, -0.1) is 0 Å². The summed E-state index contributed by atoms with van der Waals surface area (Å²) in [6, 6.07) is 9.85. The summed E-state index contributed by atoms with van der Waals surface area (Å²) in [5, 5.41) is 4.95. The van der Waals surface area contributed by atoms with E-state index in [1.54, 1.807) is 26.0 Å².